The number of nitrogens with zero attached hydrogens (tertiary/aromatic N) is 1. The van der Waals surface area contributed by atoms with Gasteiger partial charge < -0.3 is 10.1 Å². The van der Waals surface area contributed by atoms with Crippen LogP contribution in [0.5, 0.6) is 11.6 Å². The molecule has 0 spiro atoms. The van der Waals surface area contributed by atoms with Gasteiger partial charge in [0.2, 0.25) is 5.88 Å². The molecule has 0 aliphatic rings. The fourth-order valence-electron chi connectivity index (χ4n) is 2.71. The van der Waals surface area contributed by atoms with E-state index in [1.807, 2.05) is 20.8 Å². The molecule has 1 atom stereocenters. The lowest BCUT2D eigenvalue weighted by Gasteiger charge is -2.14. The predicted octanol–water partition coefficient (Wildman–Crippen LogP) is 4.51. The van der Waals surface area contributed by atoms with Crippen molar-refractivity contribution < 1.29 is 17.9 Å². The van der Waals surface area contributed by atoms with E-state index in [2.05, 4.69) is 15.0 Å². The Morgan fingerprint density at radius 3 is 2.55 bits per heavy atom. The molecule has 0 aliphatic heterocycles. The Morgan fingerprint density at radius 1 is 1.10 bits per heavy atom. The smallest absolute Gasteiger partial charge is 0.261 e. The van der Waals surface area contributed by atoms with Crippen molar-refractivity contribution in [2.24, 2.45) is 0 Å². The summed E-state index contributed by atoms with van der Waals surface area (Å²) in [6.07, 6.45) is 2.32. The van der Waals surface area contributed by atoms with Gasteiger partial charge in [0.1, 0.15) is 11.3 Å². The standard InChI is InChI=1S/C23H25N3O4S/c1-4-17(3)25-22(27)21-9-6-14-24-23(21)30-19-8-5-7-18(15-19)26-31(28,29)20-12-10-16(2)11-13-20/h5-15,17,26H,4H2,1-3H3,(H,25,27)/t17-/m0/s1. The van der Waals surface area contributed by atoms with Crippen LogP contribution >= 0.6 is 0 Å². The molecule has 3 rings (SSSR count). The molecular weight excluding hydrogens is 414 g/mol. The Labute approximate surface area is 182 Å². The summed E-state index contributed by atoms with van der Waals surface area (Å²) in [4.78, 5) is 16.9. The highest BCUT2D eigenvalue weighted by Gasteiger charge is 2.17. The van der Waals surface area contributed by atoms with E-state index < -0.39 is 10.0 Å². The second-order valence-corrected chi connectivity index (χ2v) is 8.87. The lowest BCUT2D eigenvalue weighted by Crippen LogP contribution is -2.32. The maximum atomic E-state index is 12.6. The van der Waals surface area contributed by atoms with Crippen LogP contribution in [0.25, 0.3) is 0 Å². The summed E-state index contributed by atoms with van der Waals surface area (Å²) in [7, 11) is -3.74. The molecule has 0 saturated carbocycles. The van der Waals surface area contributed by atoms with Crippen LogP contribution in [0.1, 0.15) is 36.2 Å². The number of ether oxygens (including phenoxy) is 1. The third-order valence-electron chi connectivity index (χ3n) is 4.64. The summed E-state index contributed by atoms with van der Waals surface area (Å²) in [5.41, 5.74) is 1.60. The van der Waals surface area contributed by atoms with E-state index in [0.717, 1.165) is 12.0 Å². The van der Waals surface area contributed by atoms with Crippen LogP contribution in [0, 0.1) is 6.92 Å². The van der Waals surface area contributed by atoms with Gasteiger partial charge in [-0.2, -0.15) is 0 Å². The lowest BCUT2D eigenvalue weighted by molar-refractivity contribution is 0.0936. The SMILES string of the molecule is CC[C@H](C)NC(=O)c1cccnc1Oc1cccc(NS(=O)(=O)c2ccc(C)cc2)c1. The number of sulfonamides is 1. The summed E-state index contributed by atoms with van der Waals surface area (Å²) >= 11 is 0. The fourth-order valence-corrected chi connectivity index (χ4v) is 3.76. The van der Waals surface area contributed by atoms with Crippen molar-refractivity contribution in [1.29, 1.82) is 0 Å². The van der Waals surface area contributed by atoms with E-state index in [0.29, 0.717) is 17.0 Å². The number of rotatable bonds is 8. The molecule has 31 heavy (non-hydrogen) atoms. The van der Waals surface area contributed by atoms with Crippen molar-refractivity contribution in [3.63, 3.8) is 0 Å². The summed E-state index contributed by atoms with van der Waals surface area (Å²) in [5.74, 6) is 0.205. The van der Waals surface area contributed by atoms with E-state index in [-0.39, 0.29) is 22.7 Å². The molecule has 0 saturated heterocycles. The number of amides is 1. The first-order chi connectivity index (χ1) is 14.8. The summed E-state index contributed by atoms with van der Waals surface area (Å²) in [6.45, 7) is 5.78. The highest BCUT2D eigenvalue weighted by atomic mass is 32.2. The van der Waals surface area contributed by atoms with Gasteiger partial charge in [-0.3, -0.25) is 9.52 Å². The minimum atomic E-state index is -3.74. The van der Waals surface area contributed by atoms with Crippen molar-refractivity contribution in [2.75, 3.05) is 4.72 Å². The number of carbonyl (C=O) groups excluding carboxylic acids is 1. The van der Waals surface area contributed by atoms with Crippen molar-refractivity contribution in [2.45, 2.75) is 38.1 Å². The molecule has 3 aromatic rings. The van der Waals surface area contributed by atoms with Gasteiger partial charge in [-0.25, -0.2) is 13.4 Å². The first kappa shape index (κ1) is 22.3. The normalized spacial score (nSPS) is 12.1. The molecular formula is C23H25N3O4S. The minimum Gasteiger partial charge on any atom is -0.438 e. The highest BCUT2D eigenvalue weighted by molar-refractivity contribution is 7.92. The number of hydrogen-bond acceptors (Lipinski definition) is 5. The summed E-state index contributed by atoms with van der Waals surface area (Å²) in [6, 6.07) is 16.3. The molecule has 0 fully saturated rings. The Balaban J connectivity index is 1.80. The van der Waals surface area contributed by atoms with Gasteiger partial charge in [0.05, 0.1) is 10.6 Å². The number of carbonyl (C=O) groups is 1. The Bertz CT molecular complexity index is 1160. The molecule has 0 aliphatic carbocycles. The summed E-state index contributed by atoms with van der Waals surface area (Å²) < 4.78 is 33.6. The second kappa shape index (κ2) is 9.61. The van der Waals surface area contributed by atoms with E-state index in [1.54, 1.807) is 54.6 Å². The quantitative estimate of drug-likeness (QED) is 0.538. The van der Waals surface area contributed by atoms with E-state index >= 15 is 0 Å². The predicted molar refractivity (Wildman–Crippen MR) is 120 cm³/mol. The molecule has 0 bridgehead atoms. The molecule has 1 heterocycles. The van der Waals surface area contributed by atoms with Crippen LogP contribution in [0.3, 0.4) is 0 Å². The number of benzene rings is 2. The van der Waals surface area contributed by atoms with Gasteiger partial charge in [0, 0.05) is 18.3 Å². The fraction of sp³-hybridized carbons (Fsp3) is 0.217. The third-order valence-corrected chi connectivity index (χ3v) is 6.03. The molecule has 162 valence electrons. The number of anilines is 1. The van der Waals surface area contributed by atoms with Gasteiger partial charge in [-0.05, 0) is 56.7 Å². The molecule has 1 aromatic heterocycles. The van der Waals surface area contributed by atoms with E-state index in [4.69, 9.17) is 4.74 Å². The van der Waals surface area contributed by atoms with Crippen molar-refractivity contribution in [3.8, 4) is 11.6 Å². The molecule has 1 amide bonds. The molecule has 0 unspecified atom stereocenters. The minimum absolute atomic E-state index is 0.0139. The summed E-state index contributed by atoms with van der Waals surface area (Å²) in [5, 5.41) is 2.89. The van der Waals surface area contributed by atoms with Crippen molar-refractivity contribution in [1.82, 2.24) is 10.3 Å². The van der Waals surface area contributed by atoms with Crippen LogP contribution in [-0.2, 0) is 10.0 Å². The zero-order chi connectivity index (χ0) is 22.4. The highest BCUT2D eigenvalue weighted by Crippen LogP contribution is 2.26. The average molecular weight is 440 g/mol. The Morgan fingerprint density at radius 2 is 1.84 bits per heavy atom. The maximum absolute atomic E-state index is 12.6. The topological polar surface area (TPSA) is 97.4 Å². The molecule has 2 aromatic carbocycles. The van der Waals surface area contributed by atoms with Gasteiger partial charge in [-0.15, -0.1) is 0 Å². The van der Waals surface area contributed by atoms with Crippen LogP contribution in [0.15, 0.2) is 71.8 Å². The number of hydrogen-bond donors (Lipinski definition) is 2. The molecule has 2 N–H and O–H groups in total. The average Bonchev–Trinajstić information content (AvgIpc) is 2.74. The first-order valence-corrected chi connectivity index (χ1v) is 11.4. The van der Waals surface area contributed by atoms with Gasteiger partial charge in [0.15, 0.2) is 0 Å². The van der Waals surface area contributed by atoms with Crippen LogP contribution in [0.4, 0.5) is 5.69 Å². The number of aromatic nitrogens is 1. The van der Waals surface area contributed by atoms with Gasteiger partial charge >= 0.3 is 0 Å². The zero-order valence-corrected chi connectivity index (χ0v) is 18.4. The van der Waals surface area contributed by atoms with Crippen LogP contribution in [-0.4, -0.2) is 25.4 Å². The van der Waals surface area contributed by atoms with Crippen LogP contribution < -0.4 is 14.8 Å². The van der Waals surface area contributed by atoms with Crippen molar-refractivity contribution >= 4 is 21.6 Å². The zero-order valence-electron chi connectivity index (χ0n) is 17.6. The maximum Gasteiger partial charge on any atom is 0.261 e. The van der Waals surface area contributed by atoms with Gasteiger partial charge in [0.25, 0.3) is 15.9 Å². The molecule has 8 heteroatoms. The Hall–Kier alpha value is -3.39. The Kier molecular flexibility index (Phi) is 6.91. The lowest BCUT2D eigenvalue weighted by atomic mass is 10.2. The van der Waals surface area contributed by atoms with Crippen molar-refractivity contribution in [3.05, 3.63) is 78.0 Å². The van der Waals surface area contributed by atoms with E-state index in [1.165, 1.54) is 12.3 Å². The molecule has 0 radical (unpaired) electrons. The molecule has 7 nitrogen and oxygen atoms in total. The largest absolute Gasteiger partial charge is 0.438 e. The monoisotopic (exact) mass is 439 g/mol. The second-order valence-electron chi connectivity index (χ2n) is 7.19. The first-order valence-electron chi connectivity index (χ1n) is 9.92. The van der Waals surface area contributed by atoms with Crippen LogP contribution in [0.2, 0.25) is 0 Å². The number of pyridine rings is 1. The number of aryl methyl sites for hydroxylation is 1. The third kappa shape index (κ3) is 5.82. The van der Waals surface area contributed by atoms with E-state index in [9.17, 15) is 13.2 Å². The number of nitrogens with one attached hydrogen (secondary N) is 2. The van der Waals surface area contributed by atoms with Gasteiger partial charge in [-0.1, -0.05) is 30.7 Å².